The van der Waals surface area contributed by atoms with Crippen molar-refractivity contribution >= 4 is 11.8 Å². The highest BCUT2D eigenvalue weighted by Gasteiger charge is 2.37. The van der Waals surface area contributed by atoms with Crippen LogP contribution in [0.3, 0.4) is 0 Å². The minimum absolute atomic E-state index is 0.196. The van der Waals surface area contributed by atoms with Gasteiger partial charge in [-0.1, -0.05) is 12.1 Å². The highest BCUT2D eigenvalue weighted by atomic mass is 32.2. The molecular formula is C18H30N2S. The lowest BCUT2D eigenvalue weighted by Gasteiger charge is -2.47. The van der Waals surface area contributed by atoms with Gasteiger partial charge in [0.25, 0.3) is 0 Å². The van der Waals surface area contributed by atoms with Gasteiger partial charge in [-0.2, -0.15) is 0 Å². The molecule has 1 heterocycles. The summed E-state index contributed by atoms with van der Waals surface area (Å²) in [6.45, 7) is 11.5. The Kier molecular flexibility index (Phi) is 5.07. The van der Waals surface area contributed by atoms with Crippen LogP contribution in [0.4, 0.5) is 0 Å². The molecule has 1 aromatic carbocycles. The molecule has 2 N–H and O–H groups in total. The highest BCUT2D eigenvalue weighted by Crippen LogP contribution is 2.30. The first-order valence-corrected chi connectivity index (χ1v) is 9.13. The van der Waals surface area contributed by atoms with Gasteiger partial charge in [-0.05, 0) is 71.4 Å². The van der Waals surface area contributed by atoms with Gasteiger partial charge in [0.15, 0.2) is 0 Å². The molecule has 2 rings (SSSR count). The van der Waals surface area contributed by atoms with E-state index < -0.39 is 0 Å². The van der Waals surface area contributed by atoms with E-state index in [-0.39, 0.29) is 11.1 Å². The summed E-state index contributed by atoms with van der Waals surface area (Å²) in [6.07, 6.45) is 4.46. The molecule has 1 atom stereocenters. The summed E-state index contributed by atoms with van der Waals surface area (Å²) >= 11 is 1.80. The Labute approximate surface area is 134 Å². The maximum Gasteiger partial charge on any atom is 0.0294 e. The first-order valence-electron chi connectivity index (χ1n) is 7.90. The number of thioether (sulfide) groups is 1. The third-order valence-corrected chi connectivity index (χ3v) is 5.04. The predicted octanol–water partition coefficient (Wildman–Crippen LogP) is 4.37. The molecule has 0 spiro atoms. The number of hydrogen-bond acceptors (Lipinski definition) is 3. The molecule has 1 aromatic rings. The van der Waals surface area contributed by atoms with Crippen LogP contribution < -0.4 is 10.6 Å². The zero-order valence-corrected chi connectivity index (χ0v) is 15.1. The van der Waals surface area contributed by atoms with Crippen molar-refractivity contribution in [3.63, 3.8) is 0 Å². The van der Waals surface area contributed by atoms with Gasteiger partial charge >= 0.3 is 0 Å². The Bertz CT molecular complexity index is 449. The van der Waals surface area contributed by atoms with Crippen molar-refractivity contribution in [2.45, 2.75) is 75.5 Å². The topological polar surface area (TPSA) is 24.1 Å². The monoisotopic (exact) mass is 306 g/mol. The molecule has 1 saturated heterocycles. The summed E-state index contributed by atoms with van der Waals surface area (Å²) < 4.78 is 0. The lowest BCUT2D eigenvalue weighted by atomic mass is 9.79. The van der Waals surface area contributed by atoms with Crippen molar-refractivity contribution in [3.8, 4) is 0 Å². The smallest absolute Gasteiger partial charge is 0.0294 e. The molecule has 2 nitrogen and oxygen atoms in total. The predicted molar refractivity (Wildman–Crippen MR) is 94.1 cm³/mol. The summed E-state index contributed by atoms with van der Waals surface area (Å²) in [5.74, 6) is 0. The van der Waals surface area contributed by atoms with E-state index in [4.69, 9.17) is 0 Å². The second-order valence-corrected chi connectivity index (χ2v) is 8.54. The third-order valence-electron chi connectivity index (χ3n) is 4.29. The van der Waals surface area contributed by atoms with E-state index in [0.717, 1.165) is 0 Å². The molecule has 3 heteroatoms. The van der Waals surface area contributed by atoms with Crippen LogP contribution in [0.2, 0.25) is 0 Å². The Hall–Kier alpha value is -0.510. The van der Waals surface area contributed by atoms with Crippen molar-refractivity contribution in [2.75, 3.05) is 6.26 Å². The molecule has 0 saturated carbocycles. The molecule has 1 aliphatic rings. The summed E-state index contributed by atoms with van der Waals surface area (Å²) in [5, 5.41) is 7.58. The number of benzene rings is 1. The van der Waals surface area contributed by atoms with Gasteiger partial charge in [-0.15, -0.1) is 11.8 Å². The van der Waals surface area contributed by atoms with Gasteiger partial charge < -0.3 is 10.6 Å². The molecule has 1 aliphatic heterocycles. The highest BCUT2D eigenvalue weighted by molar-refractivity contribution is 7.98. The summed E-state index contributed by atoms with van der Waals surface area (Å²) in [5.41, 5.74) is 1.77. The number of rotatable bonds is 4. The number of nitrogens with one attached hydrogen (secondary N) is 2. The van der Waals surface area contributed by atoms with Crippen molar-refractivity contribution in [2.24, 2.45) is 0 Å². The molecule has 21 heavy (non-hydrogen) atoms. The molecular weight excluding hydrogens is 276 g/mol. The van der Waals surface area contributed by atoms with Crippen molar-refractivity contribution in [3.05, 3.63) is 29.8 Å². The van der Waals surface area contributed by atoms with Gasteiger partial charge in [0.05, 0.1) is 0 Å². The average molecular weight is 307 g/mol. The van der Waals surface area contributed by atoms with Crippen molar-refractivity contribution in [1.29, 1.82) is 0 Å². The molecule has 1 unspecified atom stereocenters. The largest absolute Gasteiger partial charge is 0.307 e. The van der Waals surface area contributed by atoms with Crippen LogP contribution in [-0.2, 0) is 0 Å². The second kappa shape index (κ2) is 6.31. The maximum atomic E-state index is 3.84. The third kappa shape index (κ3) is 4.73. The molecule has 0 aliphatic carbocycles. The summed E-state index contributed by atoms with van der Waals surface area (Å²) in [4.78, 5) is 1.33. The zero-order chi connectivity index (χ0) is 15.7. The van der Waals surface area contributed by atoms with Crippen LogP contribution in [0.1, 0.15) is 59.1 Å². The molecule has 0 bridgehead atoms. The van der Waals surface area contributed by atoms with Crippen LogP contribution >= 0.6 is 11.8 Å². The van der Waals surface area contributed by atoms with E-state index in [1.807, 2.05) is 0 Å². The maximum absolute atomic E-state index is 3.84. The second-order valence-electron chi connectivity index (χ2n) is 7.66. The Balaban J connectivity index is 2.02. The average Bonchev–Trinajstić information content (AvgIpc) is 2.35. The van der Waals surface area contributed by atoms with E-state index in [9.17, 15) is 0 Å². The fourth-order valence-electron chi connectivity index (χ4n) is 3.78. The SMILES string of the molecule is CSc1ccc(C(C)NC2CC(C)(C)NC(C)(C)C2)cc1. The Morgan fingerprint density at radius 2 is 1.62 bits per heavy atom. The van der Waals surface area contributed by atoms with E-state index in [0.29, 0.717) is 12.1 Å². The van der Waals surface area contributed by atoms with Crippen molar-refractivity contribution in [1.82, 2.24) is 10.6 Å². The van der Waals surface area contributed by atoms with Crippen LogP contribution in [0.25, 0.3) is 0 Å². The number of piperidine rings is 1. The van der Waals surface area contributed by atoms with Crippen LogP contribution in [-0.4, -0.2) is 23.4 Å². The lowest BCUT2D eigenvalue weighted by Crippen LogP contribution is -2.61. The molecule has 1 fully saturated rings. The molecule has 0 radical (unpaired) electrons. The summed E-state index contributed by atoms with van der Waals surface area (Å²) in [7, 11) is 0. The van der Waals surface area contributed by atoms with Crippen LogP contribution in [0, 0.1) is 0 Å². The first kappa shape index (κ1) is 16.9. The lowest BCUT2D eigenvalue weighted by molar-refractivity contribution is 0.141. The fraction of sp³-hybridized carbons (Fsp3) is 0.667. The van der Waals surface area contributed by atoms with Crippen LogP contribution in [0.15, 0.2) is 29.2 Å². The quantitative estimate of drug-likeness (QED) is 0.808. The van der Waals surface area contributed by atoms with E-state index in [2.05, 4.69) is 75.8 Å². The van der Waals surface area contributed by atoms with Gasteiger partial charge in [0, 0.05) is 28.1 Å². The summed E-state index contributed by atoms with van der Waals surface area (Å²) in [6, 6.07) is 9.90. The molecule has 0 aromatic heterocycles. The number of hydrogen-bond donors (Lipinski definition) is 2. The Morgan fingerprint density at radius 1 is 1.10 bits per heavy atom. The molecule has 0 amide bonds. The van der Waals surface area contributed by atoms with Crippen molar-refractivity contribution < 1.29 is 0 Å². The first-order chi connectivity index (χ1) is 9.71. The van der Waals surface area contributed by atoms with Gasteiger partial charge in [0.2, 0.25) is 0 Å². The van der Waals surface area contributed by atoms with E-state index in [1.54, 1.807) is 11.8 Å². The van der Waals surface area contributed by atoms with Gasteiger partial charge in [-0.25, -0.2) is 0 Å². The van der Waals surface area contributed by atoms with E-state index >= 15 is 0 Å². The Morgan fingerprint density at radius 3 is 2.10 bits per heavy atom. The van der Waals surface area contributed by atoms with E-state index in [1.165, 1.54) is 23.3 Å². The fourth-order valence-corrected chi connectivity index (χ4v) is 4.19. The minimum atomic E-state index is 0.196. The van der Waals surface area contributed by atoms with Crippen LogP contribution in [0.5, 0.6) is 0 Å². The normalized spacial score (nSPS) is 23.0. The standard InChI is InChI=1S/C18H30N2S/c1-13(14-7-9-16(21-6)10-8-14)19-15-11-17(2,3)20-18(4,5)12-15/h7-10,13,15,19-20H,11-12H2,1-6H3. The molecule has 118 valence electrons. The van der Waals surface area contributed by atoms with Gasteiger partial charge in [-0.3, -0.25) is 0 Å². The zero-order valence-electron chi connectivity index (χ0n) is 14.3. The minimum Gasteiger partial charge on any atom is -0.307 e. The van der Waals surface area contributed by atoms with Gasteiger partial charge in [0.1, 0.15) is 0 Å².